The van der Waals surface area contributed by atoms with Crippen LogP contribution in [0.15, 0.2) is 60.8 Å². The number of hydrogen-bond acceptors (Lipinski definition) is 3. The Morgan fingerprint density at radius 3 is 2.77 bits per heavy atom. The van der Waals surface area contributed by atoms with Gasteiger partial charge in [0, 0.05) is 6.20 Å². The van der Waals surface area contributed by atoms with Crippen LogP contribution in [0, 0.1) is 0 Å². The number of nitrogens with one attached hydrogen (secondary N) is 1. The van der Waals surface area contributed by atoms with Crippen LogP contribution < -0.4 is 10.1 Å². The smallest absolute Gasteiger partial charge is 0.272 e. The van der Waals surface area contributed by atoms with E-state index >= 15 is 0 Å². The number of ether oxygens (including phenoxy) is 1. The first-order valence-electron chi connectivity index (χ1n) is 8.83. The van der Waals surface area contributed by atoms with Crippen molar-refractivity contribution >= 4 is 5.91 Å². The predicted octanol–water partition coefficient (Wildman–Crippen LogP) is 3.69. The number of nitrogens with zero attached hydrogens (tertiary/aromatic N) is 2. The largest absolute Gasteiger partial charge is 0.497 e. The van der Waals surface area contributed by atoms with Crippen LogP contribution in [0.4, 0.5) is 0 Å². The van der Waals surface area contributed by atoms with Gasteiger partial charge in [-0.1, -0.05) is 24.3 Å². The zero-order valence-corrected chi connectivity index (χ0v) is 14.7. The first-order chi connectivity index (χ1) is 12.7. The molecule has 0 bridgehead atoms. The van der Waals surface area contributed by atoms with Gasteiger partial charge in [0.1, 0.15) is 5.75 Å². The van der Waals surface area contributed by atoms with E-state index in [2.05, 4.69) is 28.6 Å². The van der Waals surface area contributed by atoms with Crippen LogP contribution in [-0.2, 0) is 6.42 Å². The third-order valence-electron chi connectivity index (χ3n) is 4.83. The molecule has 5 heteroatoms. The van der Waals surface area contributed by atoms with Crippen molar-refractivity contribution in [1.29, 1.82) is 0 Å². The number of methoxy groups -OCH3 is 1. The van der Waals surface area contributed by atoms with Gasteiger partial charge in [0.15, 0.2) is 5.69 Å². The van der Waals surface area contributed by atoms with Gasteiger partial charge >= 0.3 is 0 Å². The van der Waals surface area contributed by atoms with E-state index in [0.717, 1.165) is 30.7 Å². The fraction of sp³-hybridized carbons (Fsp3) is 0.238. The van der Waals surface area contributed by atoms with E-state index in [9.17, 15) is 4.79 Å². The maximum Gasteiger partial charge on any atom is 0.272 e. The Kier molecular flexibility index (Phi) is 4.44. The highest BCUT2D eigenvalue weighted by molar-refractivity contribution is 5.92. The molecule has 2 aromatic carbocycles. The highest BCUT2D eigenvalue weighted by atomic mass is 16.5. The maximum absolute atomic E-state index is 12.7. The third-order valence-corrected chi connectivity index (χ3v) is 4.83. The van der Waals surface area contributed by atoms with Crippen LogP contribution in [0.2, 0.25) is 0 Å². The summed E-state index contributed by atoms with van der Waals surface area (Å²) < 4.78 is 6.87. The summed E-state index contributed by atoms with van der Waals surface area (Å²) in [6.07, 6.45) is 4.92. The average Bonchev–Trinajstić information content (AvgIpc) is 3.19. The number of hydrogen-bond donors (Lipinski definition) is 1. The lowest BCUT2D eigenvalue weighted by Crippen LogP contribution is -2.31. The Balaban J connectivity index is 1.50. The topological polar surface area (TPSA) is 56.1 Å². The summed E-state index contributed by atoms with van der Waals surface area (Å²) in [4.78, 5) is 12.7. The van der Waals surface area contributed by atoms with Gasteiger partial charge in [-0.15, -0.1) is 0 Å². The molecule has 1 aromatic heterocycles. The van der Waals surface area contributed by atoms with Crippen LogP contribution >= 0.6 is 0 Å². The average molecular weight is 347 g/mol. The summed E-state index contributed by atoms with van der Waals surface area (Å²) in [6.45, 7) is 0. The summed E-state index contributed by atoms with van der Waals surface area (Å²) in [7, 11) is 1.63. The number of aryl methyl sites for hydroxylation is 1. The van der Waals surface area contributed by atoms with Gasteiger partial charge in [-0.3, -0.25) is 4.79 Å². The van der Waals surface area contributed by atoms with E-state index in [1.807, 2.05) is 30.3 Å². The second-order valence-electron chi connectivity index (χ2n) is 6.46. The van der Waals surface area contributed by atoms with Gasteiger partial charge in [0.05, 0.1) is 18.8 Å². The van der Waals surface area contributed by atoms with Gasteiger partial charge in [-0.25, -0.2) is 4.68 Å². The molecular weight excluding hydrogens is 326 g/mol. The molecule has 0 saturated carbocycles. The number of carbonyl (C=O) groups is 1. The molecule has 3 aromatic rings. The van der Waals surface area contributed by atoms with Crippen LogP contribution in [0.5, 0.6) is 5.75 Å². The Morgan fingerprint density at radius 1 is 1.15 bits per heavy atom. The molecule has 1 aliphatic rings. The highest BCUT2D eigenvalue weighted by Crippen LogP contribution is 2.29. The van der Waals surface area contributed by atoms with E-state index in [0.29, 0.717) is 5.69 Å². The normalized spacial score (nSPS) is 16.0. The zero-order chi connectivity index (χ0) is 17.9. The second-order valence-corrected chi connectivity index (χ2v) is 6.46. The minimum Gasteiger partial charge on any atom is -0.497 e. The van der Waals surface area contributed by atoms with Crippen LogP contribution in [-0.4, -0.2) is 22.8 Å². The highest BCUT2D eigenvalue weighted by Gasteiger charge is 2.22. The summed E-state index contributed by atoms with van der Waals surface area (Å²) in [6, 6.07) is 17.7. The SMILES string of the molecule is COc1ccc(-n2ccc(C(=O)N[C@@H]3CCCc4ccccc43)n2)cc1. The molecule has 26 heavy (non-hydrogen) atoms. The van der Waals surface area contributed by atoms with Crippen molar-refractivity contribution in [3.05, 3.63) is 77.6 Å². The lowest BCUT2D eigenvalue weighted by molar-refractivity contribution is 0.0927. The Hall–Kier alpha value is -3.08. The van der Waals surface area contributed by atoms with Gasteiger partial charge in [0.2, 0.25) is 0 Å². The minimum absolute atomic E-state index is 0.0542. The number of rotatable bonds is 4. The summed E-state index contributed by atoms with van der Waals surface area (Å²) in [5.41, 5.74) is 3.85. The first kappa shape index (κ1) is 16.4. The van der Waals surface area contributed by atoms with Gasteiger partial charge in [-0.05, 0) is 60.7 Å². The summed E-state index contributed by atoms with van der Waals surface area (Å²) in [5, 5.41) is 7.56. The molecule has 1 N–H and O–H groups in total. The molecular formula is C21H21N3O2. The maximum atomic E-state index is 12.7. The number of fused-ring (bicyclic) bond motifs is 1. The van der Waals surface area contributed by atoms with Crippen LogP contribution in [0.25, 0.3) is 5.69 Å². The lowest BCUT2D eigenvalue weighted by Gasteiger charge is -2.26. The van der Waals surface area contributed by atoms with E-state index in [4.69, 9.17) is 4.74 Å². The van der Waals surface area contributed by atoms with Crippen LogP contribution in [0.1, 0.15) is 40.5 Å². The van der Waals surface area contributed by atoms with Crippen molar-refractivity contribution in [2.75, 3.05) is 7.11 Å². The molecule has 132 valence electrons. The molecule has 0 spiro atoms. The lowest BCUT2D eigenvalue weighted by atomic mass is 9.88. The standard InChI is InChI=1S/C21H21N3O2/c1-26-17-11-9-16(10-12-17)24-14-13-20(23-24)21(25)22-19-8-4-6-15-5-2-3-7-18(15)19/h2-3,5,7,9-14,19H,4,6,8H2,1H3,(H,22,25)/t19-/m1/s1. The number of aromatic nitrogens is 2. The first-order valence-corrected chi connectivity index (χ1v) is 8.83. The monoisotopic (exact) mass is 347 g/mol. The van der Waals surface area contributed by atoms with Gasteiger partial charge < -0.3 is 10.1 Å². The molecule has 1 heterocycles. The third kappa shape index (κ3) is 3.20. The number of carbonyl (C=O) groups excluding carboxylic acids is 1. The second kappa shape index (κ2) is 7.04. The molecule has 4 rings (SSSR count). The minimum atomic E-state index is -0.140. The molecule has 0 fully saturated rings. The van der Waals surface area contributed by atoms with E-state index in [-0.39, 0.29) is 11.9 Å². The Bertz CT molecular complexity index is 915. The van der Waals surface area contributed by atoms with Crippen molar-refractivity contribution in [2.24, 2.45) is 0 Å². The van der Waals surface area contributed by atoms with Crippen molar-refractivity contribution in [1.82, 2.24) is 15.1 Å². The van der Waals surface area contributed by atoms with Crippen LogP contribution in [0.3, 0.4) is 0 Å². The van der Waals surface area contributed by atoms with Gasteiger partial charge in [-0.2, -0.15) is 5.10 Å². The van der Waals surface area contributed by atoms with Crippen molar-refractivity contribution in [2.45, 2.75) is 25.3 Å². The quantitative estimate of drug-likeness (QED) is 0.783. The number of benzene rings is 2. The Labute approximate surface area is 152 Å². The molecule has 0 aliphatic heterocycles. The molecule has 1 atom stereocenters. The van der Waals surface area contributed by atoms with E-state index in [1.165, 1.54) is 11.1 Å². The van der Waals surface area contributed by atoms with Crippen molar-refractivity contribution in [3.8, 4) is 11.4 Å². The number of amides is 1. The van der Waals surface area contributed by atoms with Crippen molar-refractivity contribution < 1.29 is 9.53 Å². The Morgan fingerprint density at radius 2 is 1.96 bits per heavy atom. The van der Waals surface area contributed by atoms with E-state index < -0.39 is 0 Å². The molecule has 1 aliphatic carbocycles. The van der Waals surface area contributed by atoms with Crippen molar-refractivity contribution in [3.63, 3.8) is 0 Å². The molecule has 0 radical (unpaired) electrons. The van der Waals surface area contributed by atoms with Gasteiger partial charge in [0.25, 0.3) is 5.91 Å². The summed E-state index contributed by atoms with van der Waals surface area (Å²) in [5.74, 6) is 0.647. The fourth-order valence-electron chi connectivity index (χ4n) is 3.46. The fourth-order valence-corrected chi connectivity index (χ4v) is 3.46. The van der Waals surface area contributed by atoms with E-state index in [1.54, 1.807) is 24.1 Å². The predicted molar refractivity (Wildman–Crippen MR) is 99.7 cm³/mol. The molecule has 5 nitrogen and oxygen atoms in total. The summed E-state index contributed by atoms with van der Waals surface area (Å²) >= 11 is 0. The molecule has 0 unspecified atom stereocenters. The molecule has 0 saturated heterocycles. The molecule has 1 amide bonds. The zero-order valence-electron chi connectivity index (χ0n) is 14.7.